The number of nitrogens with one attached hydrogen (secondary N) is 1. The Balaban J connectivity index is 2.12. The molecule has 2 unspecified atom stereocenters. The van der Waals surface area contributed by atoms with Crippen LogP contribution < -0.4 is 5.32 Å². The zero-order chi connectivity index (χ0) is 14.3. The molecule has 1 N–H and O–H groups in total. The largest absolute Gasteiger partial charge is 0.313 e. The van der Waals surface area contributed by atoms with Crippen LogP contribution in [-0.2, 0) is 0 Å². The Morgan fingerprint density at radius 1 is 1.16 bits per heavy atom. The molecule has 0 aromatic rings. The zero-order valence-electron chi connectivity index (χ0n) is 13.8. The van der Waals surface area contributed by atoms with Gasteiger partial charge < -0.3 is 10.2 Å². The summed E-state index contributed by atoms with van der Waals surface area (Å²) < 4.78 is 0. The van der Waals surface area contributed by atoms with Gasteiger partial charge in [0.1, 0.15) is 0 Å². The molecule has 1 heterocycles. The standard InChI is InChI=1S/C16H35N3/c1-6-16-13-19(12-11-18(16)5)10-9-17-15(4)8-7-14(2)3/h14-17H,6-13H2,1-5H3. The number of likely N-dealkylation sites (N-methyl/N-ethyl adjacent to an activating group) is 1. The van der Waals surface area contributed by atoms with Crippen LogP contribution in [0.4, 0.5) is 0 Å². The summed E-state index contributed by atoms with van der Waals surface area (Å²) in [5, 5.41) is 3.67. The van der Waals surface area contributed by atoms with Crippen molar-refractivity contribution in [2.75, 3.05) is 39.8 Å². The maximum Gasteiger partial charge on any atom is 0.0218 e. The van der Waals surface area contributed by atoms with Gasteiger partial charge in [0.2, 0.25) is 0 Å². The first kappa shape index (κ1) is 16.9. The van der Waals surface area contributed by atoms with E-state index < -0.39 is 0 Å². The predicted molar refractivity (Wildman–Crippen MR) is 84.7 cm³/mol. The highest BCUT2D eigenvalue weighted by atomic mass is 15.3. The molecule has 0 aromatic carbocycles. The van der Waals surface area contributed by atoms with Gasteiger partial charge in [-0.3, -0.25) is 4.90 Å². The zero-order valence-corrected chi connectivity index (χ0v) is 13.8. The minimum absolute atomic E-state index is 0.664. The van der Waals surface area contributed by atoms with E-state index in [2.05, 4.69) is 49.9 Å². The van der Waals surface area contributed by atoms with Crippen molar-refractivity contribution in [1.29, 1.82) is 0 Å². The Kier molecular flexibility index (Phi) is 7.96. The summed E-state index contributed by atoms with van der Waals surface area (Å²) in [7, 11) is 2.26. The van der Waals surface area contributed by atoms with Gasteiger partial charge in [0.05, 0.1) is 0 Å². The summed E-state index contributed by atoms with van der Waals surface area (Å²) in [6.45, 7) is 15.3. The van der Waals surface area contributed by atoms with Gasteiger partial charge in [0.15, 0.2) is 0 Å². The maximum atomic E-state index is 3.67. The fourth-order valence-corrected chi connectivity index (χ4v) is 2.81. The van der Waals surface area contributed by atoms with Crippen molar-refractivity contribution >= 4 is 0 Å². The summed E-state index contributed by atoms with van der Waals surface area (Å²) >= 11 is 0. The second-order valence-electron chi connectivity index (χ2n) is 6.67. The van der Waals surface area contributed by atoms with Gasteiger partial charge in [0, 0.05) is 44.8 Å². The fourth-order valence-electron chi connectivity index (χ4n) is 2.81. The maximum absolute atomic E-state index is 3.67. The van der Waals surface area contributed by atoms with Crippen LogP contribution in [0.15, 0.2) is 0 Å². The molecule has 0 spiro atoms. The molecule has 0 radical (unpaired) electrons. The predicted octanol–water partition coefficient (Wildman–Crippen LogP) is 2.43. The van der Waals surface area contributed by atoms with Crippen molar-refractivity contribution < 1.29 is 0 Å². The Labute approximate surface area is 120 Å². The second kappa shape index (κ2) is 8.93. The van der Waals surface area contributed by atoms with Gasteiger partial charge in [-0.15, -0.1) is 0 Å². The number of hydrogen-bond donors (Lipinski definition) is 1. The summed E-state index contributed by atoms with van der Waals surface area (Å²) in [6.07, 6.45) is 3.91. The molecule has 3 heteroatoms. The molecule has 2 atom stereocenters. The first-order chi connectivity index (χ1) is 9.02. The van der Waals surface area contributed by atoms with Crippen LogP contribution in [0.5, 0.6) is 0 Å². The number of rotatable bonds is 8. The van der Waals surface area contributed by atoms with E-state index >= 15 is 0 Å². The van der Waals surface area contributed by atoms with Crippen LogP contribution in [0.25, 0.3) is 0 Å². The molecule has 0 aliphatic carbocycles. The highest BCUT2D eigenvalue weighted by Gasteiger charge is 2.22. The minimum Gasteiger partial charge on any atom is -0.313 e. The van der Waals surface area contributed by atoms with E-state index in [9.17, 15) is 0 Å². The third kappa shape index (κ3) is 6.73. The van der Waals surface area contributed by atoms with Gasteiger partial charge in [-0.1, -0.05) is 20.8 Å². The molecule has 1 aliphatic heterocycles. The molecular formula is C16H35N3. The van der Waals surface area contributed by atoms with Crippen LogP contribution in [0.2, 0.25) is 0 Å². The highest BCUT2D eigenvalue weighted by molar-refractivity contribution is 4.79. The van der Waals surface area contributed by atoms with Gasteiger partial charge in [-0.2, -0.15) is 0 Å². The lowest BCUT2D eigenvalue weighted by Gasteiger charge is -2.39. The molecule has 1 saturated heterocycles. The topological polar surface area (TPSA) is 18.5 Å². The Hall–Kier alpha value is -0.120. The van der Waals surface area contributed by atoms with Crippen LogP contribution in [0.3, 0.4) is 0 Å². The van der Waals surface area contributed by atoms with Crippen molar-refractivity contribution in [2.24, 2.45) is 5.92 Å². The molecule has 1 rings (SSSR count). The third-order valence-corrected chi connectivity index (χ3v) is 4.43. The number of piperazine rings is 1. The molecule has 19 heavy (non-hydrogen) atoms. The normalized spacial score (nSPS) is 24.0. The first-order valence-corrected chi connectivity index (χ1v) is 8.18. The van der Waals surface area contributed by atoms with E-state index in [0.29, 0.717) is 6.04 Å². The van der Waals surface area contributed by atoms with E-state index in [-0.39, 0.29) is 0 Å². The monoisotopic (exact) mass is 269 g/mol. The van der Waals surface area contributed by atoms with Crippen molar-refractivity contribution in [3.8, 4) is 0 Å². The molecule has 3 nitrogen and oxygen atoms in total. The van der Waals surface area contributed by atoms with Crippen molar-refractivity contribution in [3.05, 3.63) is 0 Å². The average molecular weight is 269 g/mol. The molecule has 1 fully saturated rings. The summed E-state index contributed by atoms with van der Waals surface area (Å²) in [6, 6.07) is 1.42. The average Bonchev–Trinajstić information content (AvgIpc) is 2.38. The van der Waals surface area contributed by atoms with Crippen LogP contribution in [0, 0.1) is 5.92 Å². The Morgan fingerprint density at radius 3 is 2.53 bits per heavy atom. The second-order valence-corrected chi connectivity index (χ2v) is 6.67. The van der Waals surface area contributed by atoms with E-state index in [4.69, 9.17) is 0 Å². The van der Waals surface area contributed by atoms with E-state index in [1.165, 1.54) is 45.4 Å². The molecule has 0 aromatic heterocycles. The van der Waals surface area contributed by atoms with Crippen LogP contribution in [0.1, 0.15) is 47.0 Å². The van der Waals surface area contributed by atoms with Gasteiger partial charge in [-0.25, -0.2) is 0 Å². The summed E-state index contributed by atoms with van der Waals surface area (Å²) in [4.78, 5) is 5.13. The highest BCUT2D eigenvalue weighted by Crippen LogP contribution is 2.10. The van der Waals surface area contributed by atoms with Crippen LogP contribution >= 0.6 is 0 Å². The van der Waals surface area contributed by atoms with Gasteiger partial charge >= 0.3 is 0 Å². The molecule has 0 bridgehead atoms. The molecule has 0 amide bonds. The van der Waals surface area contributed by atoms with E-state index in [1.807, 2.05) is 0 Å². The fraction of sp³-hybridized carbons (Fsp3) is 1.00. The lowest BCUT2D eigenvalue weighted by atomic mass is 10.0. The number of hydrogen-bond acceptors (Lipinski definition) is 3. The quantitative estimate of drug-likeness (QED) is 0.730. The van der Waals surface area contributed by atoms with Crippen LogP contribution in [-0.4, -0.2) is 61.7 Å². The summed E-state index contributed by atoms with van der Waals surface area (Å²) in [5.74, 6) is 0.826. The first-order valence-electron chi connectivity index (χ1n) is 8.18. The minimum atomic E-state index is 0.664. The van der Waals surface area contributed by atoms with Crippen molar-refractivity contribution in [1.82, 2.24) is 15.1 Å². The van der Waals surface area contributed by atoms with Crippen molar-refractivity contribution in [2.45, 2.75) is 59.0 Å². The van der Waals surface area contributed by atoms with Crippen molar-refractivity contribution in [3.63, 3.8) is 0 Å². The smallest absolute Gasteiger partial charge is 0.0218 e. The van der Waals surface area contributed by atoms with Gasteiger partial charge in [0.25, 0.3) is 0 Å². The lowest BCUT2D eigenvalue weighted by molar-refractivity contribution is 0.0933. The van der Waals surface area contributed by atoms with E-state index in [0.717, 1.165) is 18.5 Å². The number of nitrogens with zero attached hydrogens (tertiary/aromatic N) is 2. The molecular weight excluding hydrogens is 234 g/mol. The molecule has 0 saturated carbocycles. The SMILES string of the molecule is CCC1CN(CCNC(C)CCC(C)C)CCN1C. The lowest BCUT2D eigenvalue weighted by Crippen LogP contribution is -2.52. The van der Waals surface area contributed by atoms with Gasteiger partial charge in [-0.05, 0) is 39.2 Å². The Bertz CT molecular complexity index is 230. The van der Waals surface area contributed by atoms with E-state index in [1.54, 1.807) is 0 Å². The molecule has 114 valence electrons. The third-order valence-electron chi connectivity index (χ3n) is 4.43. The molecule has 1 aliphatic rings. The Morgan fingerprint density at radius 2 is 1.89 bits per heavy atom. The summed E-state index contributed by atoms with van der Waals surface area (Å²) in [5.41, 5.74) is 0.